The van der Waals surface area contributed by atoms with E-state index in [0.717, 1.165) is 17.9 Å². The lowest BCUT2D eigenvalue weighted by molar-refractivity contribution is 0.806. The average Bonchev–Trinajstić information content (AvgIpc) is 2.17. The van der Waals surface area contributed by atoms with Crippen LogP contribution in [-0.4, -0.2) is 11.0 Å². The predicted molar refractivity (Wildman–Crippen MR) is 61.6 cm³/mol. The van der Waals surface area contributed by atoms with Crippen LogP contribution in [0.15, 0.2) is 24.8 Å². The van der Waals surface area contributed by atoms with Gasteiger partial charge in [0.15, 0.2) is 0 Å². The Labute approximate surface area is 90.5 Å². The van der Waals surface area contributed by atoms with Crippen LogP contribution in [0.2, 0.25) is 0 Å². The molecule has 0 aliphatic heterocycles. The second-order valence-electron chi connectivity index (χ2n) is 3.56. The largest absolute Gasteiger partial charge is 0.367 e. The normalized spacial score (nSPS) is 11.5. The number of hydrogen-bond acceptors (Lipinski definition) is 3. The topological polar surface area (TPSA) is 48.7 Å². The van der Waals surface area contributed by atoms with Gasteiger partial charge in [0.25, 0.3) is 0 Å². The number of aromatic nitrogens is 1. The highest BCUT2D eigenvalue weighted by Crippen LogP contribution is 2.11. The van der Waals surface area contributed by atoms with Gasteiger partial charge < -0.3 is 5.32 Å². The Bertz CT molecular complexity index is 390. The molecule has 0 bridgehead atoms. The molecule has 0 fully saturated rings. The van der Waals surface area contributed by atoms with Crippen molar-refractivity contribution in [3.63, 3.8) is 0 Å². The maximum Gasteiger partial charge on any atom is 0.127 e. The van der Waals surface area contributed by atoms with Crippen molar-refractivity contribution >= 4 is 5.82 Å². The zero-order valence-electron chi connectivity index (χ0n) is 9.12. The number of nitrogens with one attached hydrogen (secondary N) is 1. The van der Waals surface area contributed by atoms with Gasteiger partial charge in [0.2, 0.25) is 0 Å². The smallest absolute Gasteiger partial charge is 0.127 e. The Kier molecular flexibility index (Phi) is 3.87. The van der Waals surface area contributed by atoms with E-state index in [0.29, 0.717) is 5.56 Å². The molecule has 0 aliphatic carbocycles. The second kappa shape index (κ2) is 5.16. The summed E-state index contributed by atoms with van der Waals surface area (Å²) in [5, 5.41) is 12.0. The van der Waals surface area contributed by atoms with Gasteiger partial charge in [-0.2, -0.15) is 5.26 Å². The molecule has 1 heterocycles. The van der Waals surface area contributed by atoms with Crippen LogP contribution in [0.5, 0.6) is 0 Å². The quantitative estimate of drug-likeness (QED) is 0.762. The van der Waals surface area contributed by atoms with E-state index >= 15 is 0 Å². The number of anilines is 1. The van der Waals surface area contributed by atoms with Crippen molar-refractivity contribution in [3.8, 4) is 6.07 Å². The van der Waals surface area contributed by atoms with Crippen molar-refractivity contribution in [1.29, 1.82) is 5.26 Å². The summed E-state index contributed by atoms with van der Waals surface area (Å²) in [6.07, 6.45) is 2.73. The van der Waals surface area contributed by atoms with Crippen molar-refractivity contribution in [1.82, 2.24) is 4.98 Å². The van der Waals surface area contributed by atoms with E-state index in [2.05, 4.69) is 29.9 Å². The average molecular weight is 201 g/mol. The molecule has 15 heavy (non-hydrogen) atoms. The van der Waals surface area contributed by atoms with Gasteiger partial charge in [-0.05, 0) is 32.4 Å². The minimum Gasteiger partial charge on any atom is -0.367 e. The molecule has 0 amide bonds. The van der Waals surface area contributed by atoms with Gasteiger partial charge in [-0.25, -0.2) is 4.98 Å². The van der Waals surface area contributed by atoms with E-state index in [4.69, 9.17) is 5.26 Å². The lowest BCUT2D eigenvalue weighted by Crippen LogP contribution is -2.15. The number of nitrogens with zero attached hydrogens (tertiary/aromatic N) is 2. The van der Waals surface area contributed by atoms with Gasteiger partial charge in [-0.3, -0.25) is 0 Å². The van der Waals surface area contributed by atoms with E-state index in [-0.39, 0.29) is 6.04 Å². The predicted octanol–water partition coefficient (Wildman–Crippen LogP) is 2.64. The molecule has 78 valence electrons. The fraction of sp³-hybridized carbons (Fsp3) is 0.333. The van der Waals surface area contributed by atoms with E-state index < -0.39 is 0 Å². The highest BCUT2D eigenvalue weighted by Gasteiger charge is 2.03. The zero-order chi connectivity index (χ0) is 11.3. The number of rotatable bonds is 4. The number of pyridine rings is 1. The number of hydrogen-bond donors (Lipinski definition) is 1. The van der Waals surface area contributed by atoms with Crippen molar-refractivity contribution in [2.75, 3.05) is 5.32 Å². The maximum absolute atomic E-state index is 8.80. The third-order valence-electron chi connectivity index (χ3n) is 2.00. The highest BCUT2D eigenvalue weighted by atomic mass is 15.0. The van der Waals surface area contributed by atoms with Crippen molar-refractivity contribution in [2.45, 2.75) is 26.3 Å². The van der Waals surface area contributed by atoms with Crippen LogP contribution in [0, 0.1) is 18.3 Å². The van der Waals surface area contributed by atoms with Crippen LogP contribution in [0.25, 0.3) is 0 Å². The highest BCUT2D eigenvalue weighted by molar-refractivity contribution is 5.44. The number of nitriles is 1. The summed E-state index contributed by atoms with van der Waals surface area (Å²) >= 11 is 0. The first kappa shape index (κ1) is 11.3. The molecule has 0 saturated heterocycles. The van der Waals surface area contributed by atoms with Crippen molar-refractivity contribution in [2.24, 2.45) is 0 Å². The first-order valence-corrected chi connectivity index (χ1v) is 4.92. The molecular formula is C12H15N3. The Morgan fingerprint density at radius 1 is 1.67 bits per heavy atom. The van der Waals surface area contributed by atoms with Crippen LogP contribution in [0.1, 0.15) is 24.6 Å². The Hall–Kier alpha value is -1.82. The monoisotopic (exact) mass is 201 g/mol. The molecule has 1 aromatic heterocycles. The molecule has 1 rings (SSSR count). The van der Waals surface area contributed by atoms with Crippen LogP contribution in [0.4, 0.5) is 5.82 Å². The summed E-state index contributed by atoms with van der Waals surface area (Å²) in [4.78, 5) is 4.31. The molecule has 0 aromatic carbocycles. The van der Waals surface area contributed by atoms with Gasteiger partial charge in [0.1, 0.15) is 5.82 Å². The van der Waals surface area contributed by atoms with Crippen LogP contribution in [0.3, 0.4) is 0 Å². The fourth-order valence-corrected chi connectivity index (χ4v) is 1.37. The van der Waals surface area contributed by atoms with E-state index in [9.17, 15) is 0 Å². The lowest BCUT2D eigenvalue weighted by Gasteiger charge is -2.12. The number of aryl methyl sites for hydroxylation is 1. The molecule has 1 N–H and O–H groups in total. The van der Waals surface area contributed by atoms with Crippen LogP contribution >= 0.6 is 0 Å². The summed E-state index contributed by atoms with van der Waals surface area (Å²) in [7, 11) is 0. The van der Waals surface area contributed by atoms with Crippen LogP contribution in [-0.2, 0) is 0 Å². The third-order valence-corrected chi connectivity index (χ3v) is 2.00. The zero-order valence-corrected chi connectivity index (χ0v) is 9.12. The summed E-state index contributed by atoms with van der Waals surface area (Å²) in [6, 6.07) is 5.92. The second-order valence-corrected chi connectivity index (χ2v) is 3.56. The molecule has 0 spiro atoms. The van der Waals surface area contributed by atoms with E-state index in [1.54, 1.807) is 12.1 Å². The molecular weight excluding hydrogens is 186 g/mol. The molecule has 1 aromatic rings. The standard InChI is InChI=1S/C12H15N3/c1-4-5-9(2)14-12-7-11(8-13)6-10(3)15-12/h4,6-7,9H,1,5H2,2-3H3,(H,14,15). The van der Waals surface area contributed by atoms with Crippen molar-refractivity contribution in [3.05, 3.63) is 36.0 Å². The Balaban J connectivity index is 2.81. The van der Waals surface area contributed by atoms with E-state index in [1.807, 2.05) is 13.0 Å². The summed E-state index contributed by atoms with van der Waals surface area (Å²) in [5.41, 5.74) is 1.48. The molecule has 1 atom stereocenters. The molecule has 0 saturated carbocycles. The first-order chi connectivity index (χ1) is 7.15. The van der Waals surface area contributed by atoms with Gasteiger partial charge in [0.05, 0.1) is 11.6 Å². The fourth-order valence-electron chi connectivity index (χ4n) is 1.37. The molecule has 0 aliphatic rings. The first-order valence-electron chi connectivity index (χ1n) is 4.92. The van der Waals surface area contributed by atoms with Gasteiger partial charge >= 0.3 is 0 Å². The molecule has 3 nitrogen and oxygen atoms in total. The minimum absolute atomic E-state index is 0.281. The third kappa shape index (κ3) is 3.43. The Morgan fingerprint density at radius 2 is 2.40 bits per heavy atom. The van der Waals surface area contributed by atoms with Gasteiger partial charge in [0, 0.05) is 11.7 Å². The Morgan fingerprint density at radius 3 is 3.00 bits per heavy atom. The molecule has 0 radical (unpaired) electrons. The van der Waals surface area contributed by atoms with E-state index in [1.165, 1.54) is 0 Å². The maximum atomic E-state index is 8.80. The summed E-state index contributed by atoms with van der Waals surface area (Å²) < 4.78 is 0. The lowest BCUT2D eigenvalue weighted by atomic mass is 10.2. The summed E-state index contributed by atoms with van der Waals surface area (Å²) in [5.74, 6) is 0.751. The van der Waals surface area contributed by atoms with Gasteiger partial charge in [-0.1, -0.05) is 6.08 Å². The molecule has 3 heteroatoms. The SMILES string of the molecule is C=CCC(C)Nc1cc(C#N)cc(C)n1. The van der Waals surface area contributed by atoms with Gasteiger partial charge in [-0.15, -0.1) is 6.58 Å². The summed E-state index contributed by atoms with van der Waals surface area (Å²) in [6.45, 7) is 7.61. The van der Waals surface area contributed by atoms with Crippen LogP contribution < -0.4 is 5.32 Å². The molecule has 1 unspecified atom stereocenters. The minimum atomic E-state index is 0.281. The van der Waals surface area contributed by atoms with Crippen molar-refractivity contribution < 1.29 is 0 Å².